The SMILES string of the molecule is C=Nc1c(N(C)COCCO)nc(N)[nH]c1=O. The van der Waals surface area contributed by atoms with Crippen molar-refractivity contribution < 1.29 is 9.84 Å². The van der Waals surface area contributed by atoms with Gasteiger partial charge in [-0.3, -0.25) is 14.8 Å². The number of H-pyrrole nitrogens is 1. The van der Waals surface area contributed by atoms with Crippen molar-refractivity contribution in [1.29, 1.82) is 0 Å². The topological polar surface area (TPSA) is 117 Å². The van der Waals surface area contributed by atoms with Gasteiger partial charge in [-0.2, -0.15) is 4.98 Å². The van der Waals surface area contributed by atoms with E-state index < -0.39 is 5.56 Å². The van der Waals surface area contributed by atoms with Gasteiger partial charge in [0.1, 0.15) is 6.73 Å². The summed E-state index contributed by atoms with van der Waals surface area (Å²) in [7, 11) is 1.66. The number of hydrogen-bond acceptors (Lipinski definition) is 7. The van der Waals surface area contributed by atoms with Crippen LogP contribution in [0.5, 0.6) is 0 Å². The number of aromatic amines is 1. The number of nitrogens with two attached hydrogens (primary N) is 1. The third-order valence-electron chi connectivity index (χ3n) is 1.94. The van der Waals surface area contributed by atoms with Crippen LogP contribution in [-0.4, -0.2) is 48.8 Å². The van der Waals surface area contributed by atoms with Crippen molar-refractivity contribution in [2.75, 3.05) is 37.6 Å². The summed E-state index contributed by atoms with van der Waals surface area (Å²) in [4.78, 5) is 22.9. The Kier molecular flexibility index (Phi) is 4.61. The van der Waals surface area contributed by atoms with E-state index in [1.165, 1.54) is 0 Å². The Labute approximate surface area is 97.8 Å². The van der Waals surface area contributed by atoms with Crippen molar-refractivity contribution in [2.24, 2.45) is 4.99 Å². The van der Waals surface area contributed by atoms with Crippen molar-refractivity contribution in [3.8, 4) is 0 Å². The summed E-state index contributed by atoms with van der Waals surface area (Å²) in [6, 6.07) is 0. The fourth-order valence-electron chi connectivity index (χ4n) is 1.21. The summed E-state index contributed by atoms with van der Waals surface area (Å²) in [5.74, 6) is 0.269. The number of aromatic nitrogens is 2. The molecule has 0 saturated heterocycles. The summed E-state index contributed by atoms with van der Waals surface area (Å²) in [6.45, 7) is 3.57. The van der Waals surface area contributed by atoms with Crippen molar-refractivity contribution in [3.63, 3.8) is 0 Å². The summed E-state index contributed by atoms with van der Waals surface area (Å²) in [5.41, 5.74) is 5.06. The van der Waals surface area contributed by atoms with Crippen LogP contribution < -0.4 is 16.2 Å². The molecule has 0 bridgehead atoms. The van der Waals surface area contributed by atoms with Gasteiger partial charge in [0.25, 0.3) is 5.56 Å². The van der Waals surface area contributed by atoms with Crippen molar-refractivity contribution >= 4 is 24.2 Å². The largest absolute Gasteiger partial charge is 0.394 e. The second-order valence-corrected chi connectivity index (χ2v) is 3.24. The molecule has 1 heterocycles. The Bertz CT molecular complexity index is 445. The number of aliphatic imine (C=N–C) groups is 1. The maximum atomic E-state index is 11.5. The van der Waals surface area contributed by atoms with E-state index in [0.717, 1.165) is 0 Å². The average Bonchev–Trinajstić information content (AvgIpc) is 2.28. The highest BCUT2D eigenvalue weighted by Gasteiger charge is 2.13. The van der Waals surface area contributed by atoms with Gasteiger partial charge in [0.05, 0.1) is 13.2 Å². The minimum absolute atomic E-state index is 0.00796. The van der Waals surface area contributed by atoms with Crippen LogP contribution in [0.25, 0.3) is 0 Å². The van der Waals surface area contributed by atoms with E-state index in [9.17, 15) is 4.79 Å². The molecule has 17 heavy (non-hydrogen) atoms. The average molecular weight is 241 g/mol. The zero-order valence-corrected chi connectivity index (χ0v) is 9.51. The zero-order chi connectivity index (χ0) is 12.8. The Hall–Kier alpha value is -1.93. The van der Waals surface area contributed by atoms with Gasteiger partial charge in [-0.25, -0.2) is 0 Å². The van der Waals surface area contributed by atoms with Gasteiger partial charge in [0, 0.05) is 7.05 Å². The van der Waals surface area contributed by atoms with E-state index in [1.54, 1.807) is 11.9 Å². The lowest BCUT2D eigenvalue weighted by molar-refractivity contribution is 0.0944. The number of anilines is 2. The minimum atomic E-state index is -0.462. The van der Waals surface area contributed by atoms with Crippen LogP contribution in [0.15, 0.2) is 9.79 Å². The number of aliphatic hydroxyl groups is 1. The molecule has 1 rings (SSSR count). The Balaban J connectivity index is 2.95. The molecule has 1 aromatic rings. The Morgan fingerprint density at radius 1 is 1.71 bits per heavy atom. The summed E-state index contributed by atoms with van der Waals surface area (Å²) in [5, 5.41) is 8.58. The van der Waals surface area contributed by atoms with Crippen LogP contribution in [0.2, 0.25) is 0 Å². The lowest BCUT2D eigenvalue weighted by atomic mass is 10.4. The lowest BCUT2D eigenvalue weighted by Crippen LogP contribution is -2.26. The predicted octanol–water partition coefficient (Wildman–Crippen LogP) is -0.913. The van der Waals surface area contributed by atoms with Gasteiger partial charge < -0.3 is 20.5 Å². The molecule has 0 spiro atoms. The minimum Gasteiger partial charge on any atom is -0.394 e. The monoisotopic (exact) mass is 241 g/mol. The van der Waals surface area contributed by atoms with Crippen LogP contribution in [-0.2, 0) is 4.74 Å². The van der Waals surface area contributed by atoms with Gasteiger partial charge in [-0.15, -0.1) is 0 Å². The third-order valence-corrected chi connectivity index (χ3v) is 1.94. The molecule has 0 fully saturated rings. The number of hydrogen-bond donors (Lipinski definition) is 3. The second kappa shape index (κ2) is 5.97. The number of nitrogens with one attached hydrogen (secondary N) is 1. The molecular weight excluding hydrogens is 226 g/mol. The van der Waals surface area contributed by atoms with Crippen LogP contribution >= 0.6 is 0 Å². The predicted molar refractivity (Wildman–Crippen MR) is 64.8 cm³/mol. The Morgan fingerprint density at radius 3 is 3.00 bits per heavy atom. The zero-order valence-electron chi connectivity index (χ0n) is 9.51. The highest BCUT2D eigenvalue weighted by Crippen LogP contribution is 2.20. The molecule has 0 aliphatic carbocycles. The molecule has 0 atom stereocenters. The fraction of sp³-hybridized carbons (Fsp3) is 0.444. The lowest BCUT2D eigenvalue weighted by Gasteiger charge is -2.19. The first-order valence-electron chi connectivity index (χ1n) is 4.86. The number of nitrogen functional groups attached to an aromatic ring is 1. The van der Waals surface area contributed by atoms with Crippen LogP contribution in [0.3, 0.4) is 0 Å². The normalized spacial score (nSPS) is 10.2. The number of ether oxygens (including phenoxy) is 1. The summed E-state index contributed by atoms with van der Waals surface area (Å²) in [6.07, 6.45) is 0. The third kappa shape index (κ3) is 3.26. The molecule has 0 radical (unpaired) electrons. The second-order valence-electron chi connectivity index (χ2n) is 3.24. The van der Waals surface area contributed by atoms with Crippen LogP contribution in [0.4, 0.5) is 17.5 Å². The van der Waals surface area contributed by atoms with E-state index in [2.05, 4.69) is 21.7 Å². The van der Waals surface area contributed by atoms with Crippen LogP contribution in [0, 0.1) is 0 Å². The number of nitrogens with zero attached hydrogens (tertiary/aromatic N) is 3. The molecule has 94 valence electrons. The van der Waals surface area contributed by atoms with Crippen LogP contribution in [0.1, 0.15) is 0 Å². The summed E-state index contributed by atoms with van der Waals surface area (Å²) >= 11 is 0. The molecule has 1 aromatic heterocycles. The van der Waals surface area contributed by atoms with Crippen molar-refractivity contribution in [1.82, 2.24) is 9.97 Å². The van der Waals surface area contributed by atoms with Gasteiger partial charge in [-0.1, -0.05) is 0 Å². The molecule has 0 aliphatic rings. The molecule has 0 saturated carbocycles. The van der Waals surface area contributed by atoms with Gasteiger partial charge in [0.15, 0.2) is 11.5 Å². The van der Waals surface area contributed by atoms with E-state index in [1.807, 2.05) is 0 Å². The highest BCUT2D eigenvalue weighted by atomic mass is 16.5. The first-order chi connectivity index (χ1) is 8.10. The maximum Gasteiger partial charge on any atom is 0.280 e. The van der Waals surface area contributed by atoms with Gasteiger partial charge >= 0.3 is 0 Å². The molecule has 0 aliphatic heterocycles. The first-order valence-corrected chi connectivity index (χ1v) is 4.86. The molecular formula is C9H15N5O3. The molecule has 0 amide bonds. The fourth-order valence-corrected chi connectivity index (χ4v) is 1.21. The quantitative estimate of drug-likeness (QED) is 0.337. The molecule has 8 heteroatoms. The first kappa shape index (κ1) is 13.1. The van der Waals surface area contributed by atoms with Gasteiger partial charge in [0.2, 0.25) is 5.95 Å². The number of aliphatic hydroxyl groups excluding tert-OH is 1. The Morgan fingerprint density at radius 2 is 2.41 bits per heavy atom. The maximum absolute atomic E-state index is 11.5. The number of rotatable bonds is 6. The van der Waals surface area contributed by atoms with Crippen molar-refractivity contribution in [3.05, 3.63) is 10.4 Å². The standard InChI is InChI=1S/C9H15N5O3/c1-11-6-7(12-9(10)13-8(6)16)14(2)5-17-4-3-15/h15H,1,3-5H2,2H3,(H3,10,12,13,16). The van der Waals surface area contributed by atoms with Gasteiger partial charge in [-0.05, 0) is 6.72 Å². The molecule has 0 unspecified atom stereocenters. The molecule has 4 N–H and O–H groups in total. The van der Waals surface area contributed by atoms with E-state index in [-0.39, 0.29) is 37.4 Å². The molecule has 0 aromatic carbocycles. The smallest absolute Gasteiger partial charge is 0.280 e. The summed E-state index contributed by atoms with van der Waals surface area (Å²) < 4.78 is 5.10. The van der Waals surface area contributed by atoms with E-state index in [0.29, 0.717) is 0 Å². The highest BCUT2D eigenvalue weighted by molar-refractivity contribution is 5.64. The van der Waals surface area contributed by atoms with E-state index >= 15 is 0 Å². The van der Waals surface area contributed by atoms with E-state index in [4.69, 9.17) is 15.6 Å². The van der Waals surface area contributed by atoms with Crippen molar-refractivity contribution in [2.45, 2.75) is 0 Å². The molecule has 8 nitrogen and oxygen atoms in total.